The zero-order chi connectivity index (χ0) is 22.7. The second kappa shape index (κ2) is 9.23. The van der Waals surface area contributed by atoms with E-state index in [0.717, 1.165) is 55.0 Å². The number of carbonyl (C=O) groups excluding carboxylic acids is 1. The summed E-state index contributed by atoms with van der Waals surface area (Å²) in [6.07, 6.45) is 2.62. The van der Waals surface area contributed by atoms with Crippen LogP contribution >= 0.6 is 0 Å². The Morgan fingerprint density at radius 2 is 1.91 bits per heavy atom. The molecule has 0 radical (unpaired) electrons. The van der Waals surface area contributed by atoms with Crippen LogP contribution in [-0.2, 0) is 6.42 Å². The van der Waals surface area contributed by atoms with Gasteiger partial charge in [-0.05, 0) is 67.5 Å². The molecule has 32 heavy (non-hydrogen) atoms. The normalized spacial score (nSPS) is 14.2. The van der Waals surface area contributed by atoms with Crippen molar-refractivity contribution in [1.82, 2.24) is 20.1 Å². The van der Waals surface area contributed by atoms with Crippen molar-refractivity contribution < 1.29 is 4.79 Å². The minimum Gasteiger partial charge on any atom is -0.339 e. The van der Waals surface area contributed by atoms with Crippen LogP contribution in [0.2, 0.25) is 0 Å². The van der Waals surface area contributed by atoms with Gasteiger partial charge in [-0.1, -0.05) is 25.1 Å². The number of amides is 1. The minimum absolute atomic E-state index is 0.0630. The summed E-state index contributed by atoms with van der Waals surface area (Å²) in [5.41, 5.74) is 5.48. The number of nitrogens with zero attached hydrogens (tertiary/aromatic N) is 4. The van der Waals surface area contributed by atoms with Gasteiger partial charge in [-0.3, -0.25) is 9.89 Å². The second-order valence-electron chi connectivity index (χ2n) is 8.37. The lowest BCUT2D eigenvalue weighted by molar-refractivity contribution is 0.0712. The molecule has 2 N–H and O–H groups in total. The van der Waals surface area contributed by atoms with Gasteiger partial charge in [0.2, 0.25) is 5.95 Å². The highest BCUT2D eigenvalue weighted by molar-refractivity contribution is 5.97. The van der Waals surface area contributed by atoms with Crippen LogP contribution in [-0.4, -0.2) is 39.1 Å². The fraction of sp³-hybridized carbons (Fsp3) is 0.360. The maximum atomic E-state index is 13.3. The van der Waals surface area contributed by atoms with E-state index in [1.807, 2.05) is 62.1 Å². The molecule has 0 aliphatic carbocycles. The third-order valence-electron chi connectivity index (χ3n) is 6.21. The lowest BCUT2D eigenvalue weighted by Gasteiger charge is -2.33. The van der Waals surface area contributed by atoms with Gasteiger partial charge in [0.15, 0.2) is 0 Å². The number of aryl methyl sites for hydroxylation is 3. The van der Waals surface area contributed by atoms with Crippen LogP contribution in [0.1, 0.15) is 64.1 Å². The van der Waals surface area contributed by atoms with E-state index in [0.29, 0.717) is 23.0 Å². The molecule has 7 heteroatoms. The Bertz CT molecular complexity index is 1150. The molecule has 0 unspecified atom stereocenters. The zero-order valence-corrected chi connectivity index (χ0v) is 18.8. The third-order valence-corrected chi connectivity index (χ3v) is 6.21. The fourth-order valence-electron chi connectivity index (χ4n) is 4.26. The van der Waals surface area contributed by atoms with Crippen molar-refractivity contribution >= 4 is 17.5 Å². The summed E-state index contributed by atoms with van der Waals surface area (Å²) in [4.78, 5) is 19.7. The van der Waals surface area contributed by atoms with Gasteiger partial charge in [0, 0.05) is 30.8 Å². The first-order chi connectivity index (χ1) is 15.5. The topological polar surface area (TPSA) is 97.7 Å². The van der Waals surface area contributed by atoms with Crippen molar-refractivity contribution in [3.63, 3.8) is 0 Å². The monoisotopic (exact) mass is 428 g/mol. The van der Waals surface area contributed by atoms with Gasteiger partial charge in [0.1, 0.15) is 5.82 Å². The Hall–Kier alpha value is -3.66. The van der Waals surface area contributed by atoms with E-state index in [-0.39, 0.29) is 5.91 Å². The van der Waals surface area contributed by atoms with E-state index in [2.05, 4.69) is 26.6 Å². The zero-order valence-electron chi connectivity index (χ0n) is 18.8. The molecule has 2 aromatic carbocycles. The minimum atomic E-state index is 0.0630. The van der Waals surface area contributed by atoms with E-state index in [4.69, 9.17) is 5.26 Å². The Morgan fingerprint density at radius 3 is 2.53 bits per heavy atom. The summed E-state index contributed by atoms with van der Waals surface area (Å²) in [6.45, 7) is 7.46. The van der Waals surface area contributed by atoms with Crippen molar-refractivity contribution in [2.75, 3.05) is 18.4 Å². The van der Waals surface area contributed by atoms with Crippen molar-refractivity contribution in [2.24, 2.45) is 0 Å². The standard InChI is InChI=1S/C25H28N6O/c1-4-23-28-25(30-29-23)27-22-14-21(16(2)13-17(22)3)24(32)31-11-9-20(10-12-31)19-7-5-18(15-26)6-8-19/h5-8,13-14,20H,4,9-12H2,1-3H3,(H2,27,28,29,30). The average molecular weight is 429 g/mol. The first kappa shape index (κ1) is 21.6. The largest absolute Gasteiger partial charge is 0.339 e. The van der Waals surface area contributed by atoms with Crippen molar-refractivity contribution in [1.29, 1.82) is 5.26 Å². The molecular formula is C25H28N6O. The molecule has 0 bridgehead atoms. The number of aromatic nitrogens is 3. The van der Waals surface area contributed by atoms with Gasteiger partial charge in [0.05, 0.1) is 11.6 Å². The van der Waals surface area contributed by atoms with Crippen LogP contribution < -0.4 is 5.32 Å². The van der Waals surface area contributed by atoms with Gasteiger partial charge in [0.25, 0.3) is 5.91 Å². The number of hydrogen-bond acceptors (Lipinski definition) is 5. The van der Waals surface area contributed by atoms with Crippen LogP contribution in [0.15, 0.2) is 36.4 Å². The number of likely N-dealkylation sites (tertiary alicyclic amines) is 1. The second-order valence-corrected chi connectivity index (χ2v) is 8.37. The maximum absolute atomic E-state index is 13.3. The summed E-state index contributed by atoms with van der Waals surface area (Å²) in [5, 5.41) is 19.3. The van der Waals surface area contributed by atoms with E-state index in [9.17, 15) is 4.79 Å². The van der Waals surface area contributed by atoms with Gasteiger partial charge in [-0.2, -0.15) is 10.2 Å². The van der Waals surface area contributed by atoms with Gasteiger partial charge in [-0.25, -0.2) is 0 Å². The average Bonchev–Trinajstić information content (AvgIpc) is 3.28. The molecule has 3 aromatic rings. The number of carbonyl (C=O) groups is 1. The van der Waals surface area contributed by atoms with Crippen LogP contribution in [0.25, 0.3) is 0 Å². The molecule has 1 amide bonds. The molecule has 0 spiro atoms. The van der Waals surface area contributed by atoms with Crippen LogP contribution in [0.3, 0.4) is 0 Å². The number of piperidine rings is 1. The molecule has 2 heterocycles. The molecular weight excluding hydrogens is 400 g/mol. The number of H-pyrrole nitrogens is 1. The quantitative estimate of drug-likeness (QED) is 0.618. The van der Waals surface area contributed by atoms with E-state index >= 15 is 0 Å². The molecule has 0 saturated carbocycles. The van der Waals surface area contributed by atoms with Crippen LogP contribution in [0, 0.1) is 25.2 Å². The molecule has 1 aromatic heterocycles. The van der Waals surface area contributed by atoms with Gasteiger partial charge in [-0.15, -0.1) is 5.10 Å². The number of anilines is 2. The molecule has 1 saturated heterocycles. The molecule has 164 valence electrons. The Kier molecular flexibility index (Phi) is 6.22. The predicted molar refractivity (Wildman–Crippen MR) is 124 cm³/mol. The summed E-state index contributed by atoms with van der Waals surface area (Å²) in [7, 11) is 0. The lowest BCUT2D eigenvalue weighted by Crippen LogP contribution is -2.38. The predicted octanol–water partition coefficient (Wildman–Crippen LogP) is 4.62. The first-order valence-electron chi connectivity index (χ1n) is 11.1. The SMILES string of the molecule is CCc1nc(Nc2cc(C(=O)N3CCC(c4ccc(C#N)cc4)CC3)c(C)cc2C)n[nH]1. The number of aromatic amines is 1. The summed E-state index contributed by atoms with van der Waals surface area (Å²) in [5.74, 6) is 1.81. The van der Waals surface area contributed by atoms with Crippen molar-refractivity contribution in [3.05, 3.63) is 70.0 Å². The number of nitrogens with one attached hydrogen (secondary N) is 2. The lowest BCUT2D eigenvalue weighted by atomic mass is 9.88. The summed E-state index contributed by atoms with van der Waals surface area (Å²) < 4.78 is 0. The molecule has 0 atom stereocenters. The third kappa shape index (κ3) is 4.50. The molecule has 1 aliphatic heterocycles. The molecule has 1 aliphatic rings. The fourth-order valence-corrected chi connectivity index (χ4v) is 4.26. The van der Waals surface area contributed by atoms with E-state index in [1.165, 1.54) is 5.56 Å². The van der Waals surface area contributed by atoms with Crippen LogP contribution in [0.5, 0.6) is 0 Å². The summed E-state index contributed by atoms with van der Waals surface area (Å²) in [6, 6.07) is 13.9. The first-order valence-corrected chi connectivity index (χ1v) is 11.1. The van der Waals surface area contributed by atoms with Crippen molar-refractivity contribution in [3.8, 4) is 6.07 Å². The Balaban J connectivity index is 1.46. The maximum Gasteiger partial charge on any atom is 0.254 e. The van der Waals surface area contributed by atoms with Gasteiger partial charge < -0.3 is 10.2 Å². The van der Waals surface area contributed by atoms with E-state index < -0.39 is 0 Å². The van der Waals surface area contributed by atoms with Crippen LogP contribution in [0.4, 0.5) is 11.6 Å². The number of nitriles is 1. The van der Waals surface area contributed by atoms with Crippen molar-refractivity contribution in [2.45, 2.75) is 46.0 Å². The highest BCUT2D eigenvalue weighted by atomic mass is 16.2. The smallest absolute Gasteiger partial charge is 0.254 e. The molecule has 1 fully saturated rings. The molecule has 4 rings (SSSR count). The Labute approximate surface area is 188 Å². The highest BCUT2D eigenvalue weighted by Crippen LogP contribution is 2.30. The number of rotatable bonds is 5. The Morgan fingerprint density at radius 1 is 1.19 bits per heavy atom. The van der Waals surface area contributed by atoms with E-state index in [1.54, 1.807) is 0 Å². The van der Waals surface area contributed by atoms with Gasteiger partial charge >= 0.3 is 0 Å². The molecule has 7 nitrogen and oxygen atoms in total. The highest BCUT2D eigenvalue weighted by Gasteiger charge is 2.26. The number of benzene rings is 2. The number of hydrogen-bond donors (Lipinski definition) is 2. The summed E-state index contributed by atoms with van der Waals surface area (Å²) >= 11 is 0.